The maximum atomic E-state index is 13.2. The Bertz CT molecular complexity index is 1610. The van der Waals surface area contributed by atoms with Crippen molar-refractivity contribution in [3.63, 3.8) is 0 Å². The molecule has 5 nitrogen and oxygen atoms in total. The minimum atomic E-state index is -4.58. The first-order valence-corrected chi connectivity index (χ1v) is 11.6. The van der Waals surface area contributed by atoms with Gasteiger partial charge in [0.25, 0.3) is 0 Å². The second kappa shape index (κ2) is 9.90. The molecule has 0 unspecified atom stereocenters. The Morgan fingerprint density at radius 2 is 1.28 bits per heavy atom. The van der Waals surface area contributed by atoms with Gasteiger partial charge in [0.05, 0.1) is 17.0 Å². The van der Waals surface area contributed by atoms with E-state index in [2.05, 4.69) is 10.1 Å². The van der Waals surface area contributed by atoms with E-state index in [1.807, 2.05) is 23.3 Å². The van der Waals surface area contributed by atoms with Crippen molar-refractivity contribution in [2.24, 2.45) is 0 Å². The Balaban J connectivity index is 1.59. The molecule has 0 amide bonds. The lowest BCUT2D eigenvalue weighted by Crippen LogP contribution is -2.13. The van der Waals surface area contributed by atoms with Crippen LogP contribution in [-0.2, 0) is 12.4 Å². The standard InChI is InChI=1S/C28H19F6N5/c1-17-15-18(27(29,30)31)13-14-20(17)21-9-5-11-25(35-21)39(19-7-3-2-4-8-19)26-12-6-10-22(36-26)23-16-24(38-37-23)28(32,33)34/h2-16H,1H3,(H,37,38). The monoisotopic (exact) mass is 539 g/mol. The summed E-state index contributed by atoms with van der Waals surface area (Å²) in [6, 6.07) is 23.4. The number of H-pyrrole nitrogens is 1. The maximum Gasteiger partial charge on any atom is 0.432 e. The number of para-hydroxylation sites is 1. The van der Waals surface area contributed by atoms with E-state index in [-0.39, 0.29) is 11.4 Å². The number of halogens is 6. The van der Waals surface area contributed by atoms with Gasteiger partial charge >= 0.3 is 12.4 Å². The topological polar surface area (TPSA) is 57.7 Å². The summed E-state index contributed by atoms with van der Waals surface area (Å²) in [6.45, 7) is 1.58. The van der Waals surface area contributed by atoms with Crippen LogP contribution >= 0.6 is 0 Å². The third kappa shape index (κ3) is 5.47. The van der Waals surface area contributed by atoms with E-state index in [4.69, 9.17) is 4.98 Å². The fourth-order valence-corrected chi connectivity index (χ4v) is 4.07. The Kier molecular flexibility index (Phi) is 6.59. The third-order valence-electron chi connectivity index (χ3n) is 5.92. The zero-order chi connectivity index (χ0) is 27.8. The van der Waals surface area contributed by atoms with Gasteiger partial charge in [-0.1, -0.05) is 36.4 Å². The van der Waals surface area contributed by atoms with Gasteiger partial charge in [-0.2, -0.15) is 31.4 Å². The van der Waals surface area contributed by atoms with Gasteiger partial charge in [-0.05, 0) is 67.1 Å². The molecular weight excluding hydrogens is 520 g/mol. The van der Waals surface area contributed by atoms with Crippen molar-refractivity contribution in [3.05, 3.63) is 108 Å². The molecule has 11 heteroatoms. The summed E-state index contributed by atoms with van der Waals surface area (Å²) in [5.74, 6) is 0.754. The summed E-state index contributed by atoms with van der Waals surface area (Å²) in [6.07, 6.45) is -9.05. The molecule has 3 heterocycles. The van der Waals surface area contributed by atoms with Gasteiger partial charge in [-0.25, -0.2) is 9.97 Å². The molecule has 0 radical (unpaired) electrons. The molecule has 5 aromatic rings. The van der Waals surface area contributed by atoms with Crippen molar-refractivity contribution in [2.75, 3.05) is 4.90 Å². The fraction of sp³-hybridized carbons (Fsp3) is 0.107. The molecule has 0 spiro atoms. The molecule has 0 fully saturated rings. The number of hydrogen-bond acceptors (Lipinski definition) is 4. The van der Waals surface area contributed by atoms with Gasteiger partial charge in [-0.3, -0.25) is 10.00 Å². The van der Waals surface area contributed by atoms with Gasteiger partial charge in [0, 0.05) is 11.3 Å². The number of benzene rings is 2. The van der Waals surface area contributed by atoms with Crippen LogP contribution in [0, 0.1) is 6.92 Å². The van der Waals surface area contributed by atoms with Gasteiger partial charge in [-0.15, -0.1) is 0 Å². The van der Waals surface area contributed by atoms with E-state index in [0.29, 0.717) is 34.1 Å². The average molecular weight is 539 g/mol. The molecule has 1 N–H and O–H groups in total. The molecule has 0 aliphatic carbocycles. The zero-order valence-electron chi connectivity index (χ0n) is 20.2. The number of aryl methyl sites for hydroxylation is 1. The van der Waals surface area contributed by atoms with Crippen molar-refractivity contribution in [2.45, 2.75) is 19.3 Å². The van der Waals surface area contributed by atoms with E-state index in [1.165, 1.54) is 6.07 Å². The van der Waals surface area contributed by atoms with Crippen LogP contribution in [0.3, 0.4) is 0 Å². The van der Waals surface area contributed by atoms with Crippen LogP contribution in [0.5, 0.6) is 0 Å². The lowest BCUT2D eigenvalue weighted by molar-refractivity contribution is -0.141. The highest BCUT2D eigenvalue weighted by molar-refractivity contribution is 5.75. The van der Waals surface area contributed by atoms with Crippen LogP contribution in [-0.4, -0.2) is 20.2 Å². The van der Waals surface area contributed by atoms with Gasteiger partial charge in [0.2, 0.25) is 0 Å². The first-order valence-electron chi connectivity index (χ1n) is 11.6. The number of aromatic amines is 1. The number of anilines is 3. The van der Waals surface area contributed by atoms with Gasteiger partial charge < -0.3 is 0 Å². The van der Waals surface area contributed by atoms with Crippen molar-refractivity contribution in [1.29, 1.82) is 0 Å². The molecule has 0 aliphatic rings. The highest BCUT2D eigenvalue weighted by atomic mass is 19.4. The van der Waals surface area contributed by atoms with Gasteiger partial charge in [0.1, 0.15) is 23.0 Å². The molecule has 0 saturated heterocycles. The Morgan fingerprint density at radius 1 is 0.641 bits per heavy atom. The smallest absolute Gasteiger partial charge is 0.279 e. The minimum absolute atomic E-state index is 0.0132. The molecule has 5 rings (SSSR count). The quantitative estimate of drug-likeness (QED) is 0.228. The summed E-state index contributed by atoms with van der Waals surface area (Å²) >= 11 is 0. The Hall–Kier alpha value is -4.67. The molecule has 0 atom stereocenters. The fourth-order valence-electron chi connectivity index (χ4n) is 4.07. The predicted octanol–water partition coefficient (Wildman–Crippen LogP) is 8.35. The van der Waals surface area contributed by atoms with Crippen molar-refractivity contribution in [3.8, 4) is 22.6 Å². The van der Waals surface area contributed by atoms with E-state index < -0.39 is 23.6 Å². The van der Waals surface area contributed by atoms with Crippen LogP contribution in [0.15, 0.2) is 91.0 Å². The molecule has 39 heavy (non-hydrogen) atoms. The van der Waals surface area contributed by atoms with Gasteiger partial charge in [0.15, 0.2) is 0 Å². The highest BCUT2D eigenvalue weighted by Crippen LogP contribution is 2.37. The van der Waals surface area contributed by atoms with E-state index in [0.717, 1.165) is 18.2 Å². The molecule has 198 valence electrons. The van der Waals surface area contributed by atoms with Crippen LogP contribution in [0.25, 0.3) is 22.6 Å². The summed E-state index contributed by atoms with van der Waals surface area (Å²) in [5.41, 5.74) is 0.501. The maximum absolute atomic E-state index is 13.2. The number of alkyl halides is 6. The number of rotatable bonds is 5. The van der Waals surface area contributed by atoms with Crippen LogP contribution in [0.2, 0.25) is 0 Å². The van der Waals surface area contributed by atoms with Crippen molar-refractivity contribution < 1.29 is 26.3 Å². The predicted molar refractivity (Wildman–Crippen MR) is 134 cm³/mol. The molecular formula is C28H19F6N5. The lowest BCUT2D eigenvalue weighted by Gasteiger charge is -2.24. The SMILES string of the molecule is Cc1cc(C(F)(F)F)ccc1-c1cccc(N(c2ccccc2)c2cccc(-c3cc(C(F)(F)F)[nH]n3)n2)n1. The van der Waals surface area contributed by atoms with Crippen LogP contribution in [0.1, 0.15) is 16.8 Å². The number of hydrogen-bond donors (Lipinski definition) is 1. The molecule has 2 aromatic carbocycles. The Labute approximate surface area is 218 Å². The van der Waals surface area contributed by atoms with E-state index in [1.54, 1.807) is 60.4 Å². The molecule has 0 aliphatic heterocycles. The Morgan fingerprint density at radius 3 is 1.87 bits per heavy atom. The van der Waals surface area contributed by atoms with Crippen LogP contribution < -0.4 is 4.90 Å². The first-order chi connectivity index (χ1) is 18.5. The summed E-state index contributed by atoms with van der Waals surface area (Å²) in [5, 5.41) is 5.75. The largest absolute Gasteiger partial charge is 0.432 e. The summed E-state index contributed by atoms with van der Waals surface area (Å²) in [4.78, 5) is 11.0. The normalized spacial score (nSPS) is 12.0. The summed E-state index contributed by atoms with van der Waals surface area (Å²) < 4.78 is 78.8. The minimum Gasteiger partial charge on any atom is -0.279 e. The van der Waals surface area contributed by atoms with E-state index >= 15 is 0 Å². The van der Waals surface area contributed by atoms with Crippen LogP contribution in [0.4, 0.5) is 43.7 Å². The number of pyridine rings is 2. The van der Waals surface area contributed by atoms with Crippen molar-refractivity contribution in [1.82, 2.24) is 20.2 Å². The summed E-state index contributed by atoms with van der Waals surface area (Å²) in [7, 11) is 0. The number of nitrogens with one attached hydrogen (secondary N) is 1. The number of nitrogens with zero attached hydrogens (tertiary/aromatic N) is 4. The zero-order valence-corrected chi connectivity index (χ0v) is 20.2. The molecule has 0 saturated carbocycles. The first kappa shape index (κ1) is 26.0. The second-order valence-corrected chi connectivity index (χ2v) is 8.63. The number of aromatic nitrogens is 4. The molecule has 0 bridgehead atoms. The second-order valence-electron chi connectivity index (χ2n) is 8.63. The van der Waals surface area contributed by atoms with E-state index in [9.17, 15) is 26.3 Å². The van der Waals surface area contributed by atoms with Crippen molar-refractivity contribution >= 4 is 17.3 Å². The highest BCUT2D eigenvalue weighted by Gasteiger charge is 2.33. The third-order valence-corrected chi connectivity index (χ3v) is 5.92. The average Bonchev–Trinajstić information content (AvgIpc) is 3.41. The molecule has 3 aromatic heterocycles. The lowest BCUT2D eigenvalue weighted by atomic mass is 10.0.